The van der Waals surface area contributed by atoms with Crippen LogP contribution >= 0.6 is 24.0 Å². The lowest BCUT2D eigenvalue weighted by Crippen LogP contribution is -2.99. The molecule has 0 aromatic heterocycles. The van der Waals surface area contributed by atoms with E-state index in [1.165, 1.54) is 17.8 Å². The topological polar surface area (TPSA) is 68.0 Å². The summed E-state index contributed by atoms with van der Waals surface area (Å²) in [5, 5.41) is 18.9. The highest BCUT2D eigenvalue weighted by molar-refractivity contribution is 8.26. The quantitative estimate of drug-likeness (QED) is 0.502. The lowest BCUT2D eigenvalue weighted by molar-refractivity contribution is -0.991. The number of carbonyl (C=O) groups is 1. The molecule has 3 rings (SSSR count). The molecule has 1 aliphatic carbocycles. The van der Waals surface area contributed by atoms with Crippen LogP contribution in [0, 0.1) is 5.21 Å². The number of nitrogens with zero attached hydrogens (tertiary/aromatic N) is 1. The molecule has 7 heteroatoms. The number of rotatable bonds is 3. The molecule has 1 unspecified atom stereocenters. The maximum absolute atomic E-state index is 12.3. The van der Waals surface area contributed by atoms with Gasteiger partial charge in [-0.15, -0.1) is 0 Å². The predicted molar refractivity (Wildman–Crippen MR) is 80.3 cm³/mol. The van der Waals surface area contributed by atoms with Crippen molar-refractivity contribution in [2.45, 2.75) is 18.9 Å². The first-order chi connectivity index (χ1) is 9.56. The molecular weight excluding hydrogens is 296 g/mol. The van der Waals surface area contributed by atoms with Gasteiger partial charge in [0.15, 0.2) is 5.69 Å². The first-order valence-electron chi connectivity index (χ1n) is 6.16. The number of benzene rings is 1. The largest absolute Gasteiger partial charge is 0.595 e. The summed E-state index contributed by atoms with van der Waals surface area (Å²) in [6.07, 6.45) is 3.72. The van der Waals surface area contributed by atoms with E-state index in [0.29, 0.717) is 14.8 Å². The van der Waals surface area contributed by atoms with Crippen LogP contribution in [0.3, 0.4) is 0 Å². The first-order valence-corrected chi connectivity index (χ1v) is 7.39. The molecule has 0 spiro atoms. The fourth-order valence-electron chi connectivity index (χ4n) is 2.04. The van der Waals surface area contributed by atoms with Crippen molar-refractivity contribution < 1.29 is 15.2 Å². The SMILES string of the molecule is O=C1/C(=C/c2cccc([NH+]([O-])O)c2)SC(=S)N1C1CC1. The molecule has 1 saturated heterocycles. The normalized spacial score (nSPS) is 22.7. The van der Waals surface area contributed by atoms with Gasteiger partial charge in [0.2, 0.25) is 0 Å². The van der Waals surface area contributed by atoms with Crippen LogP contribution in [0.5, 0.6) is 0 Å². The summed E-state index contributed by atoms with van der Waals surface area (Å²) in [5.74, 6) is -0.0665. The van der Waals surface area contributed by atoms with Gasteiger partial charge in [0.25, 0.3) is 5.91 Å². The summed E-state index contributed by atoms with van der Waals surface area (Å²) in [7, 11) is 0. The predicted octanol–water partition coefficient (Wildman–Crippen LogP) is 1.45. The van der Waals surface area contributed by atoms with Gasteiger partial charge >= 0.3 is 0 Å². The van der Waals surface area contributed by atoms with Crippen LogP contribution in [-0.4, -0.2) is 26.4 Å². The minimum Gasteiger partial charge on any atom is -0.595 e. The number of quaternary nitrogens is 1. The number of hydrogen-bond acceptors (Lipinski definition) is 5. The molecule has 1 aromatic rings. The van der Waals surface area contributed by atoms with Gasteiger partial charge in [-0.25, -0.2) is 5.21 Å². The molecule has 1 atom stereocenters. The number of nitrogens with one attached hydrogen (secondary N) is 1. The Balaban J connectivity index is 1.87. The summed E-state index contributed by atoms with van der Waals surface area (Å²) in [6, 6.07) is 6.77. The van der Waals surface area contributed by atoms with Crippen molar-refractivity contribution in [1.29, 1.82) is 0 Å². The lowest BCUT2D eigenvalue weighted by atomic mass is 10.2. The van der Waals surface area contributed by atoms with Crippen LogP contribution in [0.4, 0.5) is 5.69 Å². The number of thiocarbonyl (C=S) groups is 1. The van der Waals surface area contributed by atoms with Crippen molar-refractivity contribution in [3.05, 3.63) is 39.9 Å². The van der Waals surface area contributed by atoms with Crippen LogP contribution in [0.25, 0.3) is 6.08 Å². The molecule has 1 amide bonds. The van der Waals surface area contributed by atoms with E-state index in [1.54, 1.807) is 29.2 Å². The number of thioether (sulfide) groups is 1. The molecule has 2 aliphatic rings. The van der Waals surface area contributed by atoms with Gasteiger partial charge in [-0.3, -0.25) is 9.69 Å². The maximum atomic E-state index is 12.3. The van der Waals surface area contributed by atoms with Crippen LogP contribution in [0.15, 0.2) is 29.2 Å². The minimum absolute atomic E-state index is 0.0665. The Morgan fingerprint density at radius 2 is 2.25 bits per heavy atom. The molecule has 2 fully saturated rings. The minimum atomic E-state index is -0.981. The molecule has 2 N–H and O–H groups in total. The highest BCUT2D eigenvalue weighted by Gasteiger charge is 2.41. The van der Waals surface area contributed by atoms with Gasteiger partial charge in [-0.2, -0.15) is 5.23 Å². The van der Waals surface area contributed by atoms with Crippen molar-refractivity contribution in [2.24, 2.45) is 0 Å². The standard InChI is InChI=1S/C13H12N2O3S2/c16-12-11(20-13(19)14(12)9-4-5-9)7-8-2-1-3-10(6-8)15(17)18/h1-3,6-7,9,15,17H,4-5H2/b11-7-. The molecule has 1 heterocycles. The molecule has 20 heavy (non-hydrogen) atoms. The zero-order valence-electron chi connectivity index (χ0n) is 10.4. The van der Waals surface area contributed by atoms with E-state index in [9.17, 15) is 10.0 Å². The Morgan fingerprint density at radius 1 is 1.50 bits per heavy atom. The third-order valence-electron chi connectivity index (χ3n) is 3.17. The number of carbonyl (C=O) groups excluding carboxylic acids is 1. The molecule has 1 saturated carbocycles. The first kappa shape index (κ1) is 13.7. The van der Waals surface area contributed by atoms with E-state index in [4.69, 9.17) is 17.4 Å². The highest BCUT2D eigenvalue weighted by atomic mass is 32.2. The monoisotopic (exact) mass is 308 g/mol. The van der Waals surface area contributed by atoms with E-state index in [2.05, 4.69) is 0 Å². The zero-order valence-corrected chi connectivity index (χ0v) is 12.0. The Labute approximate surface area is 125 Å². The van der Waals surface area contributed by atoms with Crippen molar-refractivity contribution in [3.63, 3.8) is 0 Å². The number of hydrogen-bond donors (Lipinski definition) is 2. The Hall–Kier alpha value is -1.25. The van der Waals surface area contributed by atoms with Gasteiger partial charge in [0.1, 0.15) is 4.32 Å². The Morgan fingerprint density at radius 3 is 2.90 bits per heavy atom. The zero-order chi connectivity index (χ0) is 14.3. The summed E-state index contributed by atoms with van der Waals surface area (Å²) in [6.45, 7) is 0. The molecule has 5 nitrogen and oxygen atoms in total. The second-order valence-corrected chi connectivity index (χ2v) is 6.39. The Kier molecular flexibility index (Phi) is 3.61. The highest BCUT2D eigenvalue weighted by Crippen LogP contribution is 2.40. The van der Waals surface area contributed by atoms with Crippen molar-refractivity contribution >= 4 is 46.0 Å². The van der Waals surface area contributed by atoms with Gasteiger partial charge in [0, 0.05) is 18.2 Å². The lowest BCUT2D eigenvalue weighted by Gasteiger charge is -2.12. The number of amides is 1. The van der Waals surface area contributed by atoms with E-state index in [1.807, 2.05) is 0 Å². The molecule has 1 aliphatic heterocycles. The second kappa shape index (κ2) is 5.27. The van der Waals surface area contributed by atoms with Crippen molar-refractivity contribution in [2.75, 3.05) is 0 Å². The van der Waals surface area contributed by atoms with Crippen LogP contribution in [0.2, 0.25) is 0 Å². The Bertz CT molecular complexity index is 611. The van der Waals surface area contributed by atoms with Crippen molar-refractivity contribution in [1.82, 2.24) is 4.90 Å². The van der Waals surface area contributed by atoms with Crippen LogP contribution in [0.1, 0.15) is 18.4 Å². The van der Waals surface area contributed by atoms with Crippen LogP contribution < -0.4 is 5.23 Å². The summed E-state index contributed by atoms with van der Waals surface area (Å²) in [5.41, 5.74) is 0.901. The molecule has 0 bridgehead atoms. The van der Waals surface area contributed by atoms with Gasteiger partial charge < -0.3 is 5.21 Å². The molecule has 104 valence electrons. The van der Waals surface area contributed by atoms with E-state index < -0.39 is 5.23 Å². The van der Waals surface area contributed by atoms with E-state index in [0.717, 1.165) is 12.8 Å². The van der Waals surface area contributed by atoms with Gasteiger partial charge in [-0.05, 0) is 24.5 Å². The van der Waals surface area contributed by atoms with E-state index >= 15 is 0 Å². The molecule has 1 aromatic carbocycles. The molecular formula is C13H12N2O3S2. The second-order valence-electron chi connectivity index (χ2n) is 4.71. The average Bonchev–Trinajstić information content (AvgIpc) is 3.19. The van der Waals surface area contributed by atoms with E-state index in [-0.39, 0.29) is 17.6 Å². The fourth-order valence-corrected chi connectivity index (χ4v) is 3.44. The van der Waals surface area contributed by atoms with Crippen LogP contribution in [-0.2, 0) is 4.79 Å². The summed E-state index contributed by atoms with van der Waals surface area (Å²) < 4.78 is 0.595. The fraction of sp³-hybridized carbons (Fsp3) is 0.231. The third-order valence-corrected chi connectivity index (χ3v) is 4.50. The average molecular weight is 308 g/mol. The maximum Gasteiger partial charge on any atom is 0.266 e. The smallest absolute Gasteiger partial charge is 0.266 e. The van der Waals surface area contributed by atoms with Gasteiger partial charge in [0.05, 0.1) is 4.91 Å². The molecule has 0 radical (unpaired) electrons. The van der Waals surface area contributed by atoms with Crippen molar-refractivity contribution in [3.8, 4) is 0 Å². The summed E-state index contributed by atoms with van der Waals surface area (Å²) in [4.78, 5) is 14.5. The third kappa shape index (κ3) is 2.63. The summed E-state index contributed by atoms with van der Waals surface area (Å²) >= 11 is 6.51. The van der Waals surface area contributed by atoms with Gasteiger partial charge in [-0.1, -0.05) is 36.1 Å².